The van der Waals surface area contributed by atoms with Crippen LogP contribution in [0.3, 0.4) is 0 Å². The summed E-state index contributed by atoms with van der Waals surface area (Å²) in [5.41, 5.74) is 5.08. The second kappa shape index (κ2) is 9.82. The number of rotatable bonds is 4. The van der Waals surface area contributed by atoms with Crippen LogP contribution >= 0.6 is 24.0 Å². The maximum Gasteiger partial charge on any atom is 0.193 e. The summed E-state index contributed by atoms with van der Waals surface area (Å²) in [5.74, 6) is 1.96. The molecule has 2 aromatic rings. The first-order chi connectivity index (χ1) is 13.6. The largest absolute Gasteiger partial charge is 0.508 e. The van der Waals surface area contributed by atoms with Gasteiger partial charge >= 0.3 is 0 Å². The number of nitrogens with zero attached hydrogens (tertiary/aromatic N) is 4. The fraction of sp³-hybridized carbons (Fsp3) is 0.545. The average Bonchev–Trinajstić information content (AvgIpc) is 3.33. The van der Waals surface area contributed by atoms with Crippen LogP contribution in [0.25, 0.3) is 0 Å². The molecule has 0 bridgehead atoms. The van der Waals surface area contributed by atoms with E-state index < -0.39 is 0 Å². The molecule has 1 aliphatic carbocycles. The molecule has 6 nitrogen and oxygen atoms in total. The molecule has 2 aliphatic rings. The Kier molecular flexibility index (Phi) is 7.43. The second-order valence-electron chi connectivity index (χ2n) is 8.14. The zero-order valence-electron chi connectivity index (χ0n) is 17.4. The summed E-state index contributed by atoms with van der Waals surface area (Å²) in [6.45, 7) is 2.66. The molecule has 2 N–H and O–H groups in total. The Hall–Kier alpha value is -1.77. The average molecular weight is 509 g/mol. The molecule has 1 aromatic carbocycles. The number of aryl methyl sites for hydroxylation is 2. The first-order valence-electron chi connectivity index (χ1n) is 10.4. The minimum atomic E-state index is 0. The van der Waals surface area contributed by atoms with E-state index in [0.29, 0.717) is 18.2 Å². The van der Waals surface area contributed by atoms with Crippen molar-refractivity contribution in [2.24, 2.45) is 18.0 Å². The molecule has 2 heterocycles. The van der Waals surface area contributed by atoms with E-state index in [1.54, 1.807) is 0 Å². The predicted octanol–water partition coefficient (Wildman–Crippen LogP) is 3.26. The lowest BCUT2D eigenvalue weighted by atomic mass is 9.88. The number of phenols is 1. The van der Waals surface area contributed by atoms with Crippen molar-refractivity contribution in [2.75, 3.05) is 20.1 Å². The van der Waals surface area contributed by atoms with Gasteiger partial charge in [0.1, 0.15) is 5.75 Å². The van der Waals surface area contributed by atoms with Crippen LogP contribution in [0.4, 0.5) is 0 Å². The lowest BCUT2D eigenvalue weighted by Crippen LogP contribution is -2.40. The van der Waals surface area contributed by atoms with Crippen LogP contribution in [0.1, 0.15) is 41.5 Å². The summed E-state index contributed by atoms with van der Waals surface area (Å²) in [4.78, 5) is 6.85. The van der Waals surface area contributed by atoms with Crippen LogP contribution in [0.2, 0.25) is 0 Å². The van der Waals surface area contributed by atoms with E-state index in [9.17, 15) is 5.11 Å². The van der Waals surface area contributed by atoms with Crippen LogP contribution in [-0.4, -0.2) is 45.9 Å². The Labute approximate surface area is 190 Å². The van der Waals surface area contributed by atoms with Crippen molar-refractivity contribution >= 4 is 29.9 Å². The minimum absolute atomic E-state index is 0. The highest BCUT2D eigenvalue weighted by Gasteiger charge is 2.26. The second-order valence-corrected chi connectivity index (χ2v) is 8.14. The number of nitrogens with one attached hydrogen (secondary N) is 1. The van der Waals surface area contributed by atoms with Crippen molar-refractivity contribution in [3.63, 3.8) is 0 Å². The molecule has 0 radical (unpaired) electrons. The Morgan fingerprint density at radius 1 is 1.31 bits per heavy atom. The molecule has 1 aromatic heterocycles. The standard InChI is InChI=1S/C22H31N5O.HI/c1-23-22(27-10-9-16(15-27)11-17-12-25-26(2)14-17)24-13-20-19-6-4-3-5-18(19)7-8-21(20)28;/h7-8,12,14,16,28H,3-6,9-11,13,15H2,1-2H3,(H,23,24);1H. The van der Waals surface area contributed by atoms with Crippen LogP contribution in [0, 0.1) is 5.92 Å². The quantitative estimate of drug-likeness (QED) is 0.378. The van der Waals surface area contributed by atoms with Gasteiger partial charge in [0.05, 0.1) is 6.20 Å². The zero-order chi connectivity index (χ0) is 19.5. The molecular weight excluding hydrogens is 477 g/mol. The maximum atomic E-state index is 10.4. The number of aromatic hydroxyl groups is 1. The summed E-state index contributed by atoms with van der Waals surface area (Å²) in [6, 6.07) is 3.94. The van der Waals surface area contributed by atoms with E-state index in [4.69, 9.17) is 0 Å². The van der Waals surface area contributed by atoms with Crippen LogP contribution < -0.4 is 5.32 Å². The number of aliphatic imine (C=N–C) groups is 1. The Morgan fingerprint density at radius 2 is 2.14 bits per heavy atom. The Bertz CT molecular complexity index is 863. The molecule has 4 rings (SSSR count). The van der Waals surface area contributed by atoms with Crippen molar-refractivity contribution in [3.8, 4) is 5.75 Å². The molecule has 7 heteroatoms. The minimum Gasteiger partial charge on any atom is -0.508 e. The summed E-state index contributed by atoms with van der Waals surface area (Å²) >= 11 is 0. The molecule has 1 fully saturated rings. The van der Waals surface area contributed by atoms with Gasteiger partial charge in [-0.05, 0) is 67.2 Å². The summed E-state index contributed by atoms with van der Waals surface area (Å²) in [6.07, 6.45) is 11.0. The highest BCUT2D eigenvalue weighted by atomic mass is 127. The highest BCUT2D eigenvalue weighted by Crippen LogP contribution is 2.30. The van der Waals surface area contributed by atoms with E-state index in [1.165, 1.54) is 36.0 Å². The van der Waals surface area contributed by atoms with Gasteiger partial charge in [0.2, 0.25) is 0 Å². The highest BCUT2D eigenvalue weighted by molar-refractivity contribution is 14.0. The molecule has 29 heavy (non-hydrogen) atoms. The van der Waals surface area contributed by atoms with Crippen molar-refractivity contribution in [1.82, 2.24) is 20.0 Å². The third-order valence-electron chi connectivity index (χ3n) is 6.13. The van der Waals surface area contributed by atoms with Crippen LogP contribution in [0.5, 0.6) is 5.75 Å². The predicted molar refractivity (Wildman–Crippen MR) is 127 cm³/mol. The van der Waals surface area contributed by atoms with Gasteiger partial charge in [-0.15, -0.1) is 24.0 Å². The number of fused-ring (bicyclic) bond motifs is 1. The van der Waals surface area contributed by atoms with E-state index in [2.05, 4.69) is 32.6 Å². The third-order valence-corrected chi connectivity index (χ3v) is 6.13. The zero-order valence-corrected chi connectivity index (χ0v) is 19.7. The number of likely N-dealkylation sites (tertiary alicyclic amines) is 1. The summed E-state index contributed by atoms with van der Waals surface area (Å²) < 4.78 is 1.87. The Balaban J connectivity index is 0.00000240. The third kappa shape index (κ3) is 5.05. The topological polar surface area (TPSA) is 65.7 Å². The lowest BCUT2D eigenvalue weighted by Gasteiger charge is -2.24. The summed E-state index contributed by atoms with van der Waals surface area (Å²) in [7, 11) is 3.81. The smallest absolute Gasteiger partial charge is 0.193 e. The molecule has 0 saturated carbocycles. The van der Waals surface area contributed by atoms with Gasteiger partial charge in [-0.25, -0.2) is 0 Å². The molecule has 0 spiro atoms. The van der Waals surface area contributed by atoms with Gasteiger partial charge in [-0.1, -0.05) is 6.07 Å². The number of halogens is 1. The van der Waals surface area contributed by atoms with Gasteiger partial charge in [0, 0.05) is 45.5 Å². The van der Waals surface area contributed by atoms with Gasteiger partial charge in [0.25, 0.3) is 0 Å². The van der Waals surface area contributed by atoms with Gasteiger partial charge in [-0.2, -0.15) is 5.10 Å². The first-order valence-corrected chi connectivity index (χ1v) is 10.4. The van der Waals surface area contributed by atoms with Crippen molar-refractivity contribution in [1.29, 1.82) is 0 Å². The number of phenolic OH excluding ortho intramolecular Hbond substituents is 1. The fourth-order valence-corrected chi connectivity index (χ4v) is 4.69. The normalized spacial score (nSPS) is 19.0. The molecule has 1 saturated heterocycles. The van der Waals surface area contributed by atoms with Gasteiger partial charge < -0.3 is 15.3 Å². The van der Waals surface area contributed by atoms with Crippen molar-refractivity contribution in [3.05, 3.63) is 46.8 Å². The molecule has 158 valence electrons. The van der Waals surface area contributed by atoms with Gasteiger partial charge in [0.15, 0.2) is 5.96 Å². The molecule has 1 atom stereocenters. The monoisotopic (exact) mass is 509 g/mol. The molecule has 1 aliphatic heterocycles. The van der Waals surface area contributed by atoms with Gasteiger partial charge in [-0.3, -0.25) is 9.67 Å². The van der Waals surface area contributed by atoms with Crippen LogP contribution in [0.15, 0.2) is 29.5 Å². The summed E-state index contributed by atoms with van der Waals surface area (Å²) in [5, 5.41) is 18.2. The van der Waals surface area contributed by atoms with Crippen molar-refractivity contribution in [2.45, 2.75) is 45.1 Å². The lowest BCUT2D eigenvalue weighted by molar-refractivity contribution is 0.451. The SMILES string of the molecule is CN=C(NCc1c(O)ccc2c1CCCC2)N1CCC(Cc2cnn(C)c2)C1.I. The van der Waals surface area contributed by atoms with E-state index in [1.807, 2.05) is 31.0 Å². The number of hydrogen-bond donors (Lipinski definition) is 2. The molecule has 1 unspecified atom stereocenters. The van der Waals surface area contributed by atoms with Crippen LogP contribution in [-0.2, 0) is 32.9 Å². The van der Waals surface area contributed by atoms with E-state index in [0.717, 1.165) is 43.9 Å². The molecular formula is C22H32IN5O. The Morgan fingerprint density at radius 3 is 2.90 bits per heavy atom. The number of guanidine groups is 1. The maximum absolute atomic E-state index is 10.4. The number of hydrogen-bond acceptors (Lipinski definition) is 3. The fourth-order valence-electron chi connectivity index (χ4n) is 4.69. The van der Waals surface area contributed by atoms with Crippen molar-refractivity contribution < 1.29 is 5.11 Å². The number of aromatic nitrogens is 2. The molecule has 0 amide bonds. The first kappa shape index (κ1) is 21.9. The van der Waals surface area contributed by atoms with E-state index in [-0.39, 0.29) is 24.0 Å². The number of benzene rings is 1. The van der Waals surface area contributed by atoms with E-state index >= 15 is 0 Å².